The first kappa shape index (κ1) is 20.8. The van der Waals surface area contributed by atoms with E-state index in [1.54, 1.807) is 26.2 Å². The number of carbonyl (C=O) groups is 1. The molecule has 1 amide bonds. The number of carbonyl (C=O) groups excluding carboxylic acids is 1. The van der Waals surface area contributed by atoms with Crippen molar-refractivity contribution in [3.63, 3.8) is 0 Å². The van der Waals surface area contributed by atoms with Crippen molar-refractivity contribution in [1.29, 1.82) is 5.26 Å². The second-order valence-electron chi connectivity index (χ2n) is 5.91. The van der Waals surface area contributed by atoms with Crippen molar-refractivity contribution in [3.8, 4) is 17.6 Å². The zero-order chi connectivity index (χ0) is 19.8. The van der Waals surface area contributed by atoms with Crippen LogP contribution in [0.1, 0.15) is 18.1 Å². The smallest absolute Gasteiger partial charge is 0.264 e. The summed E-state index contributed by atoms with van der Waals surface area (Å²) in [6.07, 6.45) is 1.56. The third kappa shape index (κ3) is 5.73. The van der Waals surface area contributed by atoms with Crippen molar-refractivity contribution in [1.82, 2.24) is 4.90 Å². The maximum Gasteiger partial charge on any atom is 0.264 e. The van der Waals surface area contributed by atoms with Crippen LogP contribution in [0.3, 0.4) is 0 Å². The Hall–Kier alpha value is -2.53. The van der Waals surface area contributed by atoms with Gasteiger partial charge in [-0.15, -0.1) is 0 Å². The highest BCUT2D eigenvalue weighted by Gasteiger charge is 2.15. The standard InChI is InChI=1S/C21H21IN2O3/c1-4-26-19-12-16(10-17(13-23)21(25)24(2)3)11-18(22)20(19)27-14-15-8-6-5-7-9-15/h5-12H,4,14H2,1-3H3/b17-10-. The number of amides is 1. The molecule has 140 valence electrons. The Bertz CT molecular complexity index is 871. The molecule has 0 aromatic heterocycles. The summed E-state index contributed by atoms with van der Waals surface area (Å²) >= 11 is 2.17. The third-order valence-corrected chi connectivity index (χ3v) is 4.43. The van der Waals surface area contributed by atoms with Crippen LogP contribution in [-0.2, 0) is 11.4 Å². The fourth-order valence-electron chi connectivity index (χ4n) is 2.35. The minimum Gasteiger partial charge on any atom is -0.490 e. The molecule has 0 aliphatic heterocycles. The Morgan fingerprint density at radius 2 is 1.93 bits per heavy atom. The van der Waals surface area contributed by atoms with Gasteiger partial charge in [-0.1, -0.05) is 30.3 Å². The molecule has 0 radical (unpaired) electrons. The average Bonchev–Trinajstić information content (AvgIpc) is 2.66. The lowest BCUT2D eigenvalue weighted by Crippen LogP contribution is -2.22. The zero-order valence-corrected chi connectivity index (χ0v) is 17.7. The van der Waals surface area contributed by atoms with E-state index in [1.165, 1.54) is 4.90 Å². The Morgan fingerprint density at radius 1 is 1.22 bits per heavy atom. The van der Waals surface area contributed by atoms with Crippen molar-refractivity contribution >= 4 is 34.6 Å². The van der Waals surface area contributed by atoms with Gasteiger partial charge in [-0.05, 0) is 58.9 Å². The van der Waals surface area contributed by atoms with Crippen molar-refractivity contribution in [2.24, 2.45) is 0 Å². The summed E-state index contributed by atoms with van der Waals surface area (Å²) in [5.41, 5.74) is 1.83. The van der Waals surface area contributed by atoms with Gasteiger partial charge in [0, 0.05) is 14.1 Å². The predicted octanol–water partition coefficient (Wildman–Crippen LogP) is 4.26. The summed E-state index contributed by atoms with van der Waals surface area (Å²) in [5.74, 6) is 0.895. The summed E-state index contributed by atoms with van der Waals surface area (Å²) < 4.78 is 12.6. The first-order valence-electron chi connectivity index (χ1n) is 8.42. The fourth-order valence-corrected chi connectivity index (χ4v) is 3.13. The average molecular weight is 476 g/mol. The molecular formula is C21H21IN2O3. The van der Waals surface area contributed by atoms with E-state index in [9.17, 15) is 10.1 Å². The molecule has 0 unspecified atom stereocenters. The number of ether oxygens (including phenoxy) is 2. The molecule has 2 aromatic rings. The quantitative estimate of drug-likeness (QED) is 0.341. The number of hydrogen-bond donors (Lipinski definition) is 0. The van der Waals surface area contributed by atoms with E-state index in [0.717, 1.165) is 9.13 Å². The lowest BCUT2D eigenvalue weighted by atomic mass is 10.1. The fraction of sp³-hybridized carbons (Fsp3) is 0.238. The van der Waals surface area contributed by atoms with Crippen LogP contribution in [-0.4, -0.2) is 31.5 Å². The van der Waals surface area contributed by atoms with E-state index in [2.05, 4.69) is 22.6 Å². The molecule has 0 saturated heterocycles. The molecular weight excluding hydrogens is 455 g/mol. The molecule has 0 fully saturated rings. The van der Waals surface area contributed by atoms with Gasteiger partial charge < -0.3 is 14.4 Å². The normalized spacial score (nSPS) is 10.9. The van der Waals surface area contributed by atoms with E-state index in [-0.39, 0.29) is 11.5 Å². The highest BCUT2D eigenvalue weighted by Crippen LogP contribution is 2.35. The van der Waals surface area contributed by atoms with Crippen LogP contribution >= 0.6 is 22.6 Å². The Morgan fingerprint density at radius 3 is 2.52 bits per heavy atom. The molecule has 27 heavy (non-hydrogen) atoms. The van der Waals surface area contributed by atoms with Gasteiger partial charge in [-0.3, -0.25) is 4.79 Å². The van der Waals surface area contributed by atoms with Crippen LogP contribution in [0.15, 0.2) is 48.0 Å². The summed E-state index contributed by atoms with van der Waals surface area (Å²) in [6, 6.07) is 15.5. The van der Waals surface area contributed by atoms with Gasteiger partial charge in [-0.25, -0.2) is 0 Å². The Kier molecular flexibility index (Phi) is 7.67. The molecule has 5 nitrogen and oxygen atoms in total. The molecule has 6 heteroatoms. The SMILES string of the molecule is CCOc1cc(/C=C(/C#N)C(=O)N(C)C)cc(I)c1OCc1ccccc1. The van der Waals surface area contributed by atoms with Crippen LogP contribution in [0.4, 0.5) is 0 Å². The third-order valence-electron chi connectivity index (χ3n) is 3.63. The molecule has 0 atom stereocenters. The molecule has 0 bridgehead atoms. The Balaban J connectivity index is 2.35. The van der Waals surface area contributed by atoms with E-state index in [1.807, 2.05) is 49.4 Å². The van der Waals surface area contributed by atoms with Crippen LogP contribution in [0.2, 0.25) is 0 Å². The number of nitriles is 1. The van der Waals surface area contributed by atoms with E-state index in [4.69, 9.17) is 9.47 Å². The van der Waals surface area contributed by atoms with Crippen molar-refractivity contribution < 1.29 is 14.3 Å². The van der Waals surface area contributed by atoms with Gasteiger partial charge >= 0.3 is 0 Å². The van der Waals surface area contributed by atoms with Gasteiger partial charge in [0.2, 0.25) is 0 Å². The van der Waals surface area contributed by atoms with Gasteiger partial charge in [-0.2, -0.15) is 5.26 Å². The molecule has 2 rings (SSSR count). The molecule has 0 heterocycles. The largest absolute Gasteiger partial charge is 0.490 e. The highest BCUT2D eigenvalue weighted by molar-refractivity contribution is 14.1. The number of rotatable bonds is 7. The van der Waals surface area contributed by atoms with Gasteiger partial charge in [0.25, 0.3) is 5.91 Å². The minimum absolute atomic E-state index is 0.0659. The lowest BCUT2D eigenvalue weighted by molar-refractivity contribution is -0.124. The van der Waals surface area contributed by atoms with Crippen LogP contribution in [0.5, 0.6) is 11.5 Å². The molecule has 0 aliphatic carbocycles. The Labute approximate surface area is 173 Å². The first-order chi connectivity index (χ1) is 13.0. The van der Waals surface area contributed by atoms with E-state index in [0.29, 0.717) is 30.3 Å². The number of halogens is 1. The van der Waals surface area contributed by atoms with Crippen LogP contribution < -0.4 is 9.47 Å². The molecule has 0 spiro atoms. The summed E-state index contributed by atoms with van der Waals surface area (Å²) in [4.78, 5) is 13.5. The molecule has 0 N–H and O–H groups in total. The number of nitrogens with zero attached hydrogens (tertiary/aromatic N) is 2. The number of hydrogen-bond acceptors (Lipinski definition) is 4. The second-order valence-corrected chi connectivity index (χ2v) is 7.07. The maximum absolute atomic E-state index is 12.1. The maximum atomic E-state index is 12.1. The summed E-state index contributed by atoms with van der Waals surface area (Å²) in [7, 11) is 3.23. The molecule has 0 saturated carbocycles. The molecule has 0 aliphatic rings. The van der Waals surface area contributed by atoms with E-state index >= 15 is 0 Å². The summed E-state index contributed by atoms with van der Waals surface area (Å²) in [5, 5.41) is 9.29. The highest BCUT2D eigenvalue weighted by atomic mass is 127. The monoisotopic (exact) mass is 476 g/mol. The van der Waals surface area contributed by atoms with E-state index < -0.39 is 0 Å². The van der Waals surface area contributed by atoms with Crippen LogP contribution in [0.25, 0.3) is 6.08 Å². The van der Waals surface area contributed by atoms with Crippen molar-refractivity contribution in [3.05, 3.63) is 62.7 Å². The lowest BCUT2D eigenvalue weighted by Gasteiger charge is -2.15. The van der Waals surface area contributed by atoms with Gasteiger partial charge in [0.15, 0.2) is 11.5 Å². The van der Waals surface area contributed by atoms with Crippen molar-refractivity contribution in [2.75, 3.05) is 20.7 Å². The summed E-state index contributed by atoms with van der Waals surface area (Å²) in [6.45, 7) is 2.80. The number of likely N-dealkylation sites (N-methyl/N-ethyl adjacent to an activating group) is 1. The first-order valence-corrected chi connectivity index (χ1v) is 9.50. The second kappa shape index (κ2) is 9.97. The molecule has 2 aromatic carbocycles. The zero-order valence-electron chi connectivity index (χ0n) is 15.5. The van der Waals surface area contributed by atoms with Crippen molar-refractivity contribution in [2.45, 2.75) is 13.5 Å². The van der Waals surface area contributed by atoms with Gasteiger partial charge in [0.1, 0.15) is 18.2 Å². The van der Waals surface area contributed by atoms with Crippen LogP contribution in [0, 0.1) is 14.9 Å². The number of benzene rings is 2. The minimum atomic E-state index is -0.338. The topological polar surface area (TPSA) is 62.6 Å². The predicted molar refractivity (Wildman–Crippen MR) is 113 cm³/mol. The van der Waals surface area contributed by atoms with Gasteiger partial charge in [0.05, 0.1) is 10.2 Å².